The molecule has 0 bridgehead atoms. The number of allylic oxidation sites excluding steroid dienone is 2. The molecule has 0 saturated carbocycles. The van der Waals surface area contributed by atoms with Gasteiger partial charge in [-0.2, -0.15) is 0 Å². The molecule has 5 nitrogen and oxygen atoms in total. The third kappa shape index (κ3) is 3.09. The molecule has 0 aromatic heterocycles. The van der Waals surface area contributed by atoms with Crippen molar-refractivity contribution in [2.45, 2.75) is 33.1 Å². The van der Waals surface area contributed by atoms with Gasteiger partial charge in [-0.05, 0) is 55.4 Å². The molecular formula is C22H26N2O3. The summed E-state index contributed by atoms with van der Waals surface area (Å²) >= 11 is 0. The van der Waals surface area contributed by atoms with Crippen molar-refractivity contribution in [3.63, 3.8) is 0 Å². The zero-order valence-electron chi connectivity index (χ0n) is 15.9. The number of likely N-dealkylation sites (tertiary alicyclic amines) is 1. The Kier molecular flexibility index (Phi) is 4.62. The van der Waals surface area contributed by atoms with E-state index in [2.05, 4.69) is 6.92 Å². The zero-order chi connectivity index (χ0) is 19.1. The largest absolute Gasteiger partial charge is 0.339 e. The van der Waals surface area contributed by atoms with E-state index in [1.165, 1.54) is 4.90 Å². The van der Waals surface area contributed by atoms with Crippen LogP contribution in [0.2, 0.25) is 0 Å². The quantitative estimate of drug-likeness (QED) is 0.596. The maximum Gasteiger partial charge on any atom is 0.253 e. The Morgan fingerprint density at radius 3 is 2.30 bits per heavy atom. The van der Waals surface area contributed by atoms with Crippen molar-refractivity contribution in [1.29, 1.82) is 0 Å². The van der Waals surface area contributed by atoms with Crippen LogP contribution in [0.5, 0.6) is 0 Å². The van der Waals surface area contributed by atoms with Crippen molar-refractivity contribution in [3.8, 4) is 0 Å². The molecular weight excluding hydrogens is 340 g/mol. The topological polar surface area (TPSA) is 57.7 Å². The molecule has 2 heterocycles. The minimum Gasteiger partial charge on any atom is -0.339 e. The number of benzene rings is 1. The molecule has 1 aromatic rings. The van der Waals surface area contributed by atoms with E-state index in [9.17, 15) is 14.4 Å². The first kappa shape index (κ1) is 18.0. The van der Waals surface area contributed by atoms with E-state index in [0.717, 1.165) is 25.9 Å². The van der Waals surface area contributed by atoms with Crippen molar-refractivity contribution < 1.29 is 14.4 Å². The van der Waals surface area contributed by atoms with Gasteiger partial charge in [-0.15, -0.1) is 0 Å². The van der Waals surface area contributed by atoms with Crippen molar-refractivity contribution in [2.24, 2.45) is 23.7 Å². The number of carbonyl (C=O) groups is 3. The second kappa shape index (κ2) is 6.95. The van der Waals surface area contributed by atoms with Gasteiger partial charge in [0.2, 0.25) is 11.8 Å². The average molecular weight is 366 g/mol. The molecule has 0 radical (unpaired) electrons. The van der Waals surface area contributed by atoms with Gasteiger partial charge in [0.15, 0.2) is 0 Å². The lowest BCUT2D eigenvalue weighted by Crippen LogP contribution is -2.38. The average Bonchev–Trinajstić information content (AvgIpc) is 2.94. The molecule has 0 unspecified atom stereocenters. The van der Waals surface area contributed by atoms with Gasteiger partial charge < -0.3 is 4.90 Å². The number of fused-ring (bicyclic) bond motifs is 1. The van der Waals surface area contributed by atoms with Gasteiger partial charge >= 0.3 is 0 Å². The normalized spacial score (nSPS) is 28.6. The molecule has 1 aromatic carbocycles. The second-order valence-electron chi connectivity index (χ2n) is 8.19. The van der Waals surface area contributed by atoms with Crippen LogP contribution in [-0.2, 0) is 9.59 Å². The third-order valence-electron chi connectivity index (χ3n) is 6.32. The molecule has 0 spiro atoms. The number of hydrogen-bond donors (Lipinski definition) is 0. The molecule has 142 valence electrons. The Morgan fingerprint density at radius 1 is 1.00 bits per heavy atom. The molecule has 5 heteroatoms. The van der Waals surface area contributed by atoms with Crippen LogP contribution in [0.4, 0.5) is 5.69 Å². The molecule has 3 atom stereocenters. The van der Waals surface area contributed by atoms with Crippen LogP contribution < -0.4 is 4.90 Å². The van der Waals surface area contributed by atoms with Gasteiger partial charge in [-0.1, -0.05) is 26.0 Å². The fourth-order valence-electron chi connectivity index (χ4n) is 4.55. The number of carbonyl (C=O) groups excluding carboxylic acids is 3. The first-order valence-corrected chi connectivity index (χ1v) is 9.91. The lowest BCUT2D eigenvalue weighted by Gasteiger charge is -2.30. The highest BCUT2D eigenvalue weighted by molar-refractivity contribution is 6.22. The highest BCUT2D eigenvalue weighted by Gasteiger charge is 2.50. The molecule has 4 rings (SSSR count). The molecule has 2 fully saturated rings. The maximum atomic E-state index is 12.9. The van der Waals surface area contributed by atoms with Crippen LogP contribution in [0, 0.1) is 23.7 Å². The van der Waals surface area contributed by atoms with Crippen molar-refractivity contribution in [3.05, 3.63) is 42.0 Å². The Balaban J connectivity index is 1.52. The number of rotatable bonds is 2. The minimum atomic E-state index is -0.265. The summed E-state index contributed by atoms with van der Waals surface area (Å²) in [5, 5.41) is 0. The van der Waals surface area contributed by atoms with Gasteiger partial charge in [0.1, 0.15) is 0 Å². The van der Waals surface area contributed by atoms with Crippen LogP contribution >= 0.6 is 0 Å². The Morgan fingerprint density at radius 2 is 1.67 bits per heavy atom. The van der Waals surface area contributed by atoms with E-state index >= 15 is 0 Å². The lowest BCUT2D eigenvalue weighted by molar-refractivity contribution is -0.122. The number of anilines is 1. The third-order valence-corrected chi connectivity index (χ3v) is 6.32. The highest BCUT2D eigenvalue weighted by atomic mass is 16.2. The van der Waals surface area contributed by atoms with Crippen molar-refractivity contribution in [1.82, 2.24) is 4.90 Å². The van der Waals surface area contributed by atoms with Crippen LogP contribution in [0.3, 0.4) is 0 Å². The highest BCUT2D eigenvalue weighted by Crippen LogP contribution is 2.40. The van der Waals surface area contributed by atoms with Gasteiger partial charge in [0.05, 0.1) is 17.5 Å². The summed E-state index contributed by atoms with van der Waals surface area (Å²) in [7, 11) is 0. The van der Waals surface area contributed by atoms with Crippen LogP contribution in [0.15, 0.2) is 36.4 Å². The van der Waals surface area contributed by atoms with Crippen molar-refractivity contribution in [2.75, 3.05) is 18.0 Å². The fourth-order valence-corrected chi connectivity index (χ4v) is 4.55. The SMILES string of the molecule is CC1CCN(C(=O)c2ccc(N3C(=O)[C@H]4[C@@H](C)C=CC[C@H]4C3=O)cc2)CC1. The summed E-state index contributed by atoms with van der Waals surface area (Å²) in [4.78, 5) is 41.5. The molecule has 1 aliphatic carbocycles. The van der Waals surface area contributed by atoms with Crippen LogP contribution in [0.1, 0.15) is 43.5 Å². The molecule has 2 saturated heterocycles. The fraction of sp³-hybridized carbons (Fsp3) is 0.500. The van der Waals surface area contributed by atoms with E-state index in [1.807, 2.05) is 24.0 Å². The first-order valence-electron chi connectivity index (χ1n) is 9.91. The summed E-state index contributed by atoms with van der Waals surface area (Å²) in [5.41, 5.74) is 1.18. The summed E-state index contributed by atoms with van der Waals surface area (Å²) in [6, 6.07) is 6.93. The Labute approximate surface area is 160 Å². The second-order valence-corrected chi connectivity index (χ2v) is 8.19. The van der Waals surface area contributed by atoms with Gasteiger partial charge in [0, 0.05) is 18.7 Å². The van der Waals surface area contributed by atoms with Gasteiger partial charge in [-0.3, -0.25) is 19.3 Å². The smallest absolute Gasteiger partial charge is 0.253 e. The van der Waals surface area contributed by atoms with Crippen LogP contribution in [-0.4, -0.2) is 35.7 Å². The number of amides is 3. The van der Waals surface area contributed by atoms with E-state index in [4.69, 9.17) is 0 Å². The van der Waals surface area contributed by atoms with Crippen LogP contribution in [0.25, 0.3) is 0 Å². The van der Waals surface area contributed by atoms with E-state index < -0.39 is 0 Å². The summed E-state index contributed by atoms with van der Waals surface area (Å²) in [5.74, 6) is 0.0140. The van der Waals surface area contributed by atoms with Gasteiger partial charge in [0.25, 0.3) is 5.91 Å². The molecule has 3 aliphatic rings. The molecule has 2 aliphatic heterocycles. The Hall–Kier alpha value is -2.43. The van der Waals surface area contributed by atoms with E-state index in [0.29, 0.717) is 23.6 Å². The lowest BCUT2D eigenvalue weighted by atomic mass is 9.78. The van der Waals surface area contributed by atoms with E-state index in [1.54, 1.807) is 24.3 Å². The summed E-state index contributed by atoms with van der Waals surface area (Å²) in [6.07, 6.45) is 6.73. The standard InChI is InChI=1S/C22H26N2O3/c1-14-10-12-23(13-11-14)20(25)16-6-8-17(9-7-16)24-21(26)18-5-3-4-15(2)19(18)22(24)27/h3-4,6-9,14-15,18-19H,5,10-13H2,1-2H3/t15-,18+,19-/m0/s1. The predicted octanol–water partition coefficient (Wildman–Crippen LogP) is 3.26. The Bertz CT molecular complexity index is 790. The van der Waals surface area contributed by atoms with Crippen molar-refractivity contribution >= 4 is 23.4 Å². The first-order chi connectivity index (χ1) is 13.0. The summed E-state index contributed by atoms with van der Waals surface area (Å²) < 4.78 is 0. The monoisotopic (exact) mass is 366 g/mol. The number of nitrogens with zero attached hydrogens (tertiary/aromatic N) is 2. The molecule has 3 amide bonds. The minimum absolute atomic E-state index is 0.0269. The summed E-state index contributed by atoms with van der Waals surface area (Å²) in [6.45, 7) is 5.79. The number of hydrogen-bond acceptors (Lipinski definition) is 3. The number of imide groups is 1. The molecule has 0 N–H and O–H groups in total. The van der Waals surface area contributed by atoms with E-state index in [-0.39, 0.29) is 35.5 Å². The van der Waals surface area contributed by atoms with Gasteiger partial charge in [-0.25, -0.2) is 0 Å². The number of piperidine rings is 1. The molecule has 27 heavy (non-hydrogen) atoms. The zero-order valence-corrected chi connectivity index (χ0v) is 15.9. The maximum absolute atomic E-state index is 12.9. The predicted molar refractivity (Wildman–Crippen MR) is 103 cm³/mol.